The van der Waals surface area contributed by atoms with Crippen LogP contribution in [0, 0.1) is 5.92 Å². The van der Waals surface area contributed by atoms with Gasteiger partial charge < -0.3 is 45.6 Å². The number of urea groups is 1. The summed E-state index contributed by atoms with van der Waals surface area (Å²) < 4.78 is 5.76. The minimum Gasteiger partial charge on any atom is -0.461 e. The van der Waals surface area contributed by atoms with Crippen molar-refractivity contribution in [3.05, 3.63) is 60.2 Å². The number of cyclic esters (lactones) is 1. The lowest BCUT2D eigenvalue weighted by atomic mass is 9.99. The first-order valence-corrected chi connectivity index (χ1v) is 19.9. The van der Waals surface area contributed by atoms with Gasteiger partial charge in [0.15, 0.2) is 0 Å². The number of carbonyl (C=O) groups excluding carboxylic acids is 7. The number of amides is 7. The zero-order valence-electron chi connectivity index (χ0n) is 33.1. The predicted octanol–water partition coefficient (Wildman–Crippen LogP) is 1.64. The first-order chi connectivity index (χ1) is 27.3. The van der Waals surface area contributed by atoms with E-state index in [9.17, 15) is 33.6 Å². The van der Waals surface area contributed by atoms with Gasteiger partial charge in [-0.25, -0.2) is 9.59 Å². The molecule has 0 radical (unpaired) electrons. The highest BCUT2D eigenvalue weighted by Gasteiger charge is 2.46. The number of ether oxygens (including phenoxy) is 1. The average molecular weight is 787 g/mol. The smallest absolute Gasteiger partial charge is 0.328 e. The van der Waals surface area contributed by atoms with E-state index < -0.39 is 78.5 Å². The molecule has 4 saturated heterocycles. The summed E-state index contributed by atoms with van der Waals surface area (Å²) in [5, 5.41) is 11.0. The van der Waals surface area contributed by atoms with Crippen LogP contribution in [0.15, 0.2) is 54.6 Å². The monoisotopic (exact) mass is 786 g/mol. The lowest BCUT2D eigenvalue weighted by Gasteiger charge is -2.39. The third-order valence-electron chi connectivity index (χ3n) is 11.3. The topological polar surface area (TPSA) is 190 Å². The molecule has 16 nitrogen and oxygen atoms in total. The maximum atomic E-state index is 14.5. The van der Waals surface area contributed by atoms with Crippen molar-refractivity contribution >= 4 is 52.9 Å². The van der Waals surface area contributed by atoms with Crippen LogP contribution in [0.1, 0.15) is 57.9 Å². The van der Waals surface area contributed by atoms with Gasteiger partial charge in [0.25, 0.3) is 0 Å². The summed E-state index contributed by atoms with van der Waals surface area (Å²) >= 11 is 0. The quantitative estimate of drug-likeness (QED) is 0.303. The summed E-state index contributed by atoms with van der Waals surface area (Å²) in [6.45, 7) is 3.68. The fourth-order valence-corrected chi connectivity index (χ4v) is 8.22. The largest absolute Gasteiger partial charge is 0.461 e. The molecule has 0 spiro atoms. The number of rotatable bonds is 7. The summed E-state index contributed by atoms with van der Waals surface area (Å²) in [5.41, 5.74) is 2.17. The Labute approximate surface area is 333 Å². The zero-order valence-corrected chi connectivity index (χ0v) is 33.1. The number of esters is 1. The Morgan fingerprint density at radius 1 is 0.825 bits per heavy atom. The zero-order chi connectivity index (χ0) is 40.8. The van der Waals surface area contributed by atoms with Crippen LogP contribution in [0.25, 0.3) is 0 Å². The third kappa shape index (κ3) is 9.66. The third-order valence-corrected chi connectivity index (χ3v) is 11.3. The van der Waals surface area contributed by atoms with Gasteiger partial charge in [-0.05, 0) is 81.2 Å². The van der Waals surface area contributed by atoms with E-state index in [1.165, 1.54) is 14.7 Å². The Hall–Kier alpha value is -5.67. The van der Waals surface area contributed by atoms with Crippen LogP contribution in [0.5, 0.6) is 0 Å². The fourth-order valence-electron chi connectivity index (χ4n) is 8.22. The van der Waals surface area contributed by atoms with Crippen LogP contribution in [0.4, 0.5) is 16.2 Å². The molecule has 0 aliphatic carbocycles. The summed E-state index contributed by atoms with van der Waals surface area (Å²) in [4.78, 5) is 104. The highest BCUT2D eigenvalue weighted by atomic mass is 16.5. The Morgan fingerprint density at radius 3 is 2.23 bits per heavy atom. The van der Waals surface area contributed by atoms with Gasteiger partial charge in [-0.1, -0.05) is 37.3 Å². The van der Waals surface area contributed by atoms with Crippen LogP contribution in [0.3, 0.4) is 0 Å². The second-order valence-corrected chi connectivity index (χ2v) is 15.8. The van der Waals surface area contributed by atoms with Crippen molar-refractivity contribution in [2.45, 2.75) is 95.0 Å². The van der Waals surface area contributed by atoms with E-state index in [0.29, 0.717) is 50.8 Å². The van der Waals surface area contributed by atoms with Crippen LogP contribution >= 0.6 is 0 Å². The van der Waals surface area contributed by atoms with Crippen LogP contribution < -0.4 is 26.2 Å². The van der Waals surface area contributed by atoms with E-state index in [1.807, 2.05) is 56.3 Å². The number of carbonyl (C=O) groups is 7. The van der Waals surface area contributed by atoms with Crippen molar-refractivity contribution < 1.29 is 38.3 Å². The van der Waals surface area contributed by atoms with Crippen molar-refractivity contribution in [1.82, 2.24) is 30.7 Å². The number of anilines is 2. The molecule has 4 fully saturated rings. The molecular weight excluding hydrogens is 732 g/mol. The molecule has 7 atom stereocenters. The number of piperidine rings is 1. The number of nitrogens with zero attached hydrogens (tertiary/aromatic N) is 4. The van der Waals surface area contributed by atoms with Crippen LogP contribution in [0.2, 0.25) is 0 Å². The van der Waals surface area contributed by atoms with Crippen molar-refractivity contribution in [2.24, 2.45) is 5.92 Å². The van der Waals surface area contributed by atoms with E-state index >= 15 is 0 Å². The molecule has 16 heteroatoms. The molecule has 306 valence electrons. The summed E-state index contributed by atoms with van der Waals surface area (Å²) in [6, 6.07) is 9.26. The maximum absolute atomic E-state index is 14.5. The van der Waals surface area contributed by atoms with Crippen molar-refractivity contribution in [3.8, 4) is 0 Å². The molecular formula is C41H54N8O8. The Bertz CT molecular complexity index is 1820. The number of hydrogen-bond donors (Lipinski definition) is 4. The Morgan fingerprint density at radius 2 is 1.51 bits per heavy atom. The summed E-state index contributed by atoms with van der Waals surface area (Å²) in [7, 11) is 3.80. The van der Waals surface area contributed by atoms with Crippen LogP contribution in [-0.2, 0) is 39.9 Å². The van der Waals surface area contributed by atoms with E-state index in [1.54, 1.807) is 31.2 Å². The van der Waals surface area contributed by atoms with E-state index in [4.69, 9.17) is 4.74 Å². The molecule has 57 heavy (non-hydrogen) atoms. The summed E-state index contributed by atoms with van der Waals surface area (Å²) in [5.74, 6) is -3.46. The number of hydrogen-bond acceptors (Lipinski definition) is 9. The second-order valence-electron chi connectivity index (χ2n) is 15.8. The van der Waals surface area contributed by atoms with Gasteiger partial charge >= 0.3 is 12.0 Å². The van der Waals surface area contributed by atoms with Gasteiger partial charge in [0.05, 0.1) is 0 Å². The summed E-state index contributed by atoms with van der Waals surface area (Å²) in [6.07, 6.45) is 3.01. The van der Waals surface area contributed by atoms with Crippen LogP contribution in [-0.4, -0.2) is 133 Å². The molecule has 4 aliphatic heterocycles. The van der Waals surface area contributed by atoms with Gasteiger partial charge in [0.2, 0.25) is 29.5 Å². The number of nitrogens with one attached hydrogen (secondary N) is 4. The molecule has 4 heterocycles. The molecule has 2 aromatic carbocycles. The predicted molar refractivity (Wildman–Crippen MR) is 211 cm³/mol. The average Bonchev–Trinajstić information content (AvgIpc) is 3.85. The molecule has 4 N–H and O–H groups in total. The second kappa shape index (κ2) is 18.1. The fraction of sp³-hybridized carbons (Fsp3) is 0.537. The Kier molecular flexibility index (Phi) is 13.0. The van der Waals surface area contributed by atoms with Crippen molar-refractivity contribution in [3.63, 3.8) is 0 Å². The maximum Gasteiger partial charge on any atom is 0.328 e. The molecule has 7 amide bonds. The van der Waals surface area contributed by atoms with Gasteiger partial charge in [-0.15, -0.1) is 0 Å². The van der Waals surface area contributed by atoms with E-state index in [2.05, 4.69) is 21.3 Å². The first-order valence-electron chi connectivity index (χ1n) is 19.9. The molecule has 4 aliphatic rings. The highest BCUT2D eigenvalue weighted by Crippen LogP contribution is 2.28. The first kappa shape index (κ1) is 41.0. The number of fused-ring (bicyclic) bond motifs is 3. The lowest BCUT2D eigenvalue weighted by Crippen LogP contribution is -2.62. The van der Waals surface area contributed by atoms with E-state index in [-0.39, 0.29) is 31.3 Å². The highest BCUT2D eigenvalue weighted by molar-refractivity contribution is 5.98. The standard InChI is InChI=1S/C41H54N8O8/c1-25-21-34-40(55)57-24-31(44-35(50)30(22-27-11-6-5-7-12-27)45-41(56)43-28-15-17-29(18-16-28)46(3)4)38(53)48-20-10-14-33(48)39(54)47-19-9-8-13-32(47)36(51)42-26(2)37(52)49(34)23-25/h5-7,11-12,15-18,25-26,30-34H,8-10,13-14,19-24H2,1-4H3,(H,42,51)(H,44,50)(H2,43,45,56)/t25-,26-,30-,31-,32-,33-,34-/m0/s1. The van der Waals surface area contributed by atoms with Crippen molar-refractivity contribution in [1.29, 1.82) is 0 Å². The normalized spacial score (nSPS) is 26.4. The van der Waals surface area contributed by atoms with Gasteiger partial charge in [0.1, 0.15) is 42.9 Å². The minimum atomic E-state index is -1.44. The SMILES string of the molecule is C[C@H]1C[C@H]2C(=O)OC[C@H](NC(=O)[C@H](Cc3ccccc3)NC(=O)Nc3ccc(N(C)C)cc3)C(=O)N3CCC[C@H]3C(=O)N3CCCC[C@H]3C(=O)N[C@@H](C)C(=O)N2C1. The molecule has 2 aromatic rings. The van der Waals surface area contributed by atoms with Gasteiger partial charge in [0, 0.05) is 51.5 Å². The molecule has 0 saturated carbocycles. The van der Waals surface area contributed by atoms with Crippen molar-refractivity contribution in [2.75, 3.05) is 50.6 Å². The van der Waals surface area contributed by atoms with Gasteiger partial charge in [-0.3, -0.25) is 24.0 Å². The van der Waals surface area contributed by atoms with E-state index in [0.717, 1.165) is 11.3 Å². The molecule has 0 aromatic heterocycles. The Balaban J connectivity index is 1.28. The molecule has 0 bridgehead atoms. The number of benzene rings is 2. The van der Waals surface area contributed by atoms with Gasteiger partial charge in [-0.2, -0.15) is 0 Å². The molecule has 0 unspecified atom stereocenters. The molecule has 6 rings (SSSR count). The lowest BCUT2D eigenvalue weighted by molar-refractivity contribution is -0.158. The minimum absolute atomic E-state index is 0.0488.